The lowest BCUT2D eigenvalue weighted by molar-refractivity contribution is -0.116. The van der Waals surface area contributed by atoms with E-state index in [0.29, 0.717) is 19.5 Å². The second-order valence-corrected chi connectivity index (χ2v) is 7.72. The van der Waals surface area contributed by atoms with Gasteiger partial charge < -0.3 is 20.7 Å². The number of aryl methyl sites for hydroxylation is 1. The summed E-state index contributed by atoms with van der Waals surface area (Å²) in [5.41, 5.74) is 4.34. The fourth-order valence-corrected chi connectivity index (χ4v) is 3.48. The van der Waals surface area contributed by atoms with Crippen LogP contribution in [0.2, 0.25) is 0 Å². The van der Waals surface area contributed by atoms with Gasteiger partial charge in [0.2, 0.25) is 5.91 Å². The number of nitrogens with one attached hydrogen (secondary N) is 3. The highest BCUT2D eigenvalue weighted by atomic mass is 16.5. The number of amides is 1. The molecule has 1 aliphatic rings. The molecule has 3 rings (SSSR count). The summed E-state index contributed by atoms with van der Waals surface area (Å²) >= 11 is 0. The number of benzene rings is 2. The number of aliphatic imine (C=N–C) groups is 1. The van der Waals surface area contributed by atoms with Gasteiger partial charge in [0.1, 0.15) is 0 Å². The third-order valence-electron chi connectivity index (χ3n) is 5.20. The molecule has 1 fully saturated rings. The molecule has 2 aromatic carbocycles. The van der Waals surface area contributed by atoms with Crippen molar-refractivity contribution < 1.29 is 9.53 Å². The number of carbonyl (C=O) groups excluding carboxylic acids is 1. The van der Waals surface area contributed by atoms with E-state index in [4.69, 9.17) is 4.74 Å². The summed E-state index contributed by atoms with van der Waals surface area (Å²) in [6.45, 7) is 7.47. The summed E-state index contributed by atoms with van der Waals surface area (Å²) in [7, 11) is 1.76. The summed E-state index contributed by atoms with van der Waals surface area (Å²) in [5, 5.41) is 9.67. The molecule has 0 aromatic heterocycles. The van der Waals surface area contributed by atoms with Gasteiger partial charge in [0, 0.05) is 51.9 Å². The molecule has 0 atom stereocenters. The molecule has 7 heteroatoms. The highest BCUT2D eigenvalue weighted by Crippen LogP contribution is 2.11. The number of nitrogens with zero attached hydrogens (tertiary/aromatic N) is 2. The summed E-state index contributed by atoms with van der Waals surface area (Å²) in [6, 6.07) is 16.3. The van der Waals surface area contributed by atoms with Crippen LogP contribution in [0.15, 0.2) is 53.5 Å². The number of hydrogen-bond donors (Lipinski definition) is 3. The number of morpholine rings is 1. The Hall–Kier alpha value is -2.90. The molecule has 7 nitrogen and oxygen atoms in total. The average molecular weight is 424 g/mol. The molecule has 1 amide bonds. The minimum atomic E-state index is 0.0345. The van der Waals surface area contributed by atoms with Crippen LogP contribution in [0.25, 0.3) is 0 Å². The van der Waals surface area contributed by atoms with Crippen molar-refractivity contribution in [1.29, 1.82) is 0 Å². The number of carbonyl (C=O) groups is 1. The van der Waals surface area contributed by atoms with Gasteiger partial charge in [-0.05, 0) is 30.2 Å². The number of anilines is 1. The van der Waals surface area contributed by atoms with Gasteiger partial charge in [-0.1, -0.05) is 42.0 Å². The van der Waals surface area contributed by atoms with E-state index in [2.05, 4.69) is 57.0 Å². The average Bonchev–Trinajstić information content (AvgIpc) is 2.79. The Kier molecular flexibility index (Phi) is 8.87. The fourth-order valence-electron chi connectivity index (χ4n) is 3.48. The Morgan fingerprint density at radius 1 is 1.03 bits per heavy atom. The lowest BCUT2D eigenvalue weighted by Gasteiger charge is -2.26. The Morgan fingerprint density at radius 3 is 2.39 bits per heavy atom. The van der Waals surface area contributed by atoms with Crippen LogP contribution in [0.4, 0.5) is 5.69 Å². The summed E-state index contributed by atoms with van der Waals surface area (Å²) in [6.07, 6.45) is 0.484. The first-order valence-electron chi connectivity index (χ1n) is 10.8. The van der Waals surface area contributed by atoms with E-state index in [1.165, 1.54) is 11.1 Å². The van der Waals surface area contributed by atoms with E-state index >= 15 is 0 Å². The molecule has 1 heterocycles. The lowest BCUT2D eigenvalue weighted by atomic mass is 10.1. The molecule has 0 bridgehead atoms. The van der Waals surface area contributed by atoms with E-state index in [0.717, 1.165) is 50.1 Å². The highest BCUT2D eigenvalue weighted by molar-refractivity contribution is 5.90. The summed E-state index contributed by atoms with van der Waals surface area (Å²) in [4.78, 5) is 18.9. The second-order valence-electron chi connectivity index (χ2n) is 7.72. The number of ether oxygens (including phenoxy) is 1. The molecular weight excluding hydrogens is 390 g/mol. The standard InChI is InChI=1S/C24H33N5O2/c1-19-5-3-6-20(15-19)17-26-24(25-2)27-18-21-7-4-8-22(16-21)28-23(30)9-10-29-11-13-31-14-12-29/h3-8,15-16H,9-14,17-18H2,1-2H3,(H,28,30)(H2,25,26,27). The number of rotatable bonds is 8. The zero-order valence-corrected chi connectivity index (χ0v) is 18.5. The molecule has 3 N–H and O–H groups in total. The maximum Gasteiger partial charge on any atom is 0.225 e. The van der Waals surface area contributed by atoms with Crippen LogP contribution in [-0.4, -0.2) is 56.7 Å². The van der Waals surface area contributed by atoms with Gasteiger partial charge in [-0.3, -0.25) is 14.7 Å². The molecule has 0 saturated carbocycles. The largest absolute Gasteiger partial charge is 0.379 e. The topological polar surface area (TPSA) is 78.0 Å². The maximum atomic E-state index is 12.3. The normalized spacial score (nSPS) is 14.8. The van der Waals surface area contributed by atoms with E-state index in [-0.39, 0.29) is 5.91 Å². The van der Waals surface area contributed by atoms with Crippen molar-refractivity contribution in [3.05, 3.63) is 65.2 Å². The predicted octanol–water partition coefficient (Wildman–Crippen LogP) is 2.52. The molecule has 166 valence electrons. The molecule has 0 spiro atoms. The monoisotopic (exact) mass is 423 g/mol. The molecular formula is C24H33N5O2. The van der Waals surface area contributed by atoms with Crippen LogP contribution in [0.5, 0.6) is 0 Å². The van der Waals surface area contributed by atoms with Crippen LogP contribution >= 0.6 is 0 Å². The fraction of sp³-hybridized carbons (Fsp3) is 0.417. The summed E-state index contributed by atoms with van der Waals surface area (Å²) in [5.74, 6) is 0.772. The van der Waals surface area contributed by atoms with E-state index in [1.54, 1.807) is 7.05 Å². The molecule has 31 heavy (non-hydrogen) atoms. The van der Waals surface area contributed by atoms with Crippen LogP contribution in [0.3, 0.4) is 0 Å². The summed E-state index contributed by atoms with van der Waals surface area (Å²) < 4.78 is 5.34. The number of hydrogen-bond acceptors (Lipinski definition) is 4. The SMILES string of the molecule is CN=C(NCc1cccc(C)c1)NCc1cccc(NC(=O)CCN2CCOCC2)c1. The lowest BCUT2D eigenvalue weighted by Crippen LogP contribution is -2.38. The molecule has 0 radical (unpaired) electrons. The minimum absolute atomic E-state index is 0.0345. The Bertz CT molecular complexity index is 878. The van der Waals surface area contributed by atoms with Crippen molar-refractivity contribution in [2.24, 2.45) is 4.99 Å². The third-order valence-corrected chi connectivity index (χ3v) is 5.20. The van der Waals surface area contributed by atoms with Crippen molar-refractivity contribution in [3.8, 4) is 0 Å². The molecule has 1 aliphatic heterocycles. The zero-order chi connectivity index (χ0) is 21.9. The van der Waals surface area contributed by atoms with Crippen molar-refractivity contribution in [1.82, 2.24) is 15.5 Å². The Morgan fingerprint density at radius 2 is 1.71 bits per heavy atom. The molecule has 0 unspecified atom stereocenters. The first-order chi connectivity index (χ1) is 15.1. The van der Waals surface area contributed by atoms with Gasteiger partial charge in [0.15, 0.2) is 5.96 Å². The van der Waals surface area contributed by atoms with Gasteiger partial charge in [0.25, 0.3) is 0 Å². The van der Waals surface area contributed by atoms with Gasteiger partial charge in [-0.15, -0.1) is 0 Å². The molecule has 1 saturated heterocycles. The molecule has 0 aliphatic carbocycles. The predicted molar refractivity (Wildman–Crippen MR) is 125 cm³/mol. The maximum absolute atomic E-state index is 12.3. The first-order valence-corrected chi connectivity index (χ1v) is 10.8. The minimum Gasteiger partial charge on any atom is -0.379 e. The van der Waals surface area contributed by atoms with Crippen molar-refractivity contribution in [3.63, 3.8) is 0 Å². The van der Waals surface area contributed by atoms with Crippen molar-refractivity contribution in [2.45, 2.75) is 26.4 Å². The highest BCUT2D eigenvalue weighted by Gasteiger charge is 2.12. The third kappa shape index (κ3) is 8.03. The Balaban J connectivity index is 1.43. The van der Waals surface area contributed by atoms with Gasteiger partial charge in [0.05, 0.1) is 13.2 Å². The van der Waals surface area contributed by atoms with Gasteiger partial charge in [-0.2, -0.15) is 0 Å². The van der Waals surface area contributed by atoms with Crippen LogP contribution < -0.4 is 16.0 Å². The van der Waals surface area contributed by atoms with Crippen LogP contribution in [0, 0.1) is 6.92 Å². The van der Waals surface area contributed by atoms with Crippen LogP contribution in [-0.2, 0) is 22.6 Å². The van der Waals surface area contributed by atoms with E-state index < -0.39 is 0 Å². The smallest absolute Gasteiger partial charge is 0.225 e. The zero-order valence-electron chi connectivity index (χ0n) is 18.5. The molecule has 2 aromatic rings. The van der Waals surface area contributed by atoms with E-state index in [1.807, 2.05) is 24.3 Å². The van der Waals surface area contributed by atoms with Gasteiger partial charge >= 0.3 is 0 Å². The quantitative estimate of drug-likeness (QED) is 0.449. The Labute approximate surface area is 184 Å². The van der Waals surface area contributed by atoms with Crippen LogP contribution in [0.1, 0.15) is 23.1 Å². The first kappa shape index (κ1) is 22.8. The van der Waals surface area contributed by atoms with Gasteiger partial charge in [-0.25, -0.2) is 0 Å². The number of guanidine groups is 1. The van der Waals surface area contributed by atoms with Crippen molar-refractivity contribution >= 4 is 17.6 Å². The van der Waals surface area contributed by atoms with E-state index in [9.17, 15) is 4.79 Å². The second kappa shape index (κ2) is 12.1. The van der Waals surface area contributed by atoms with Crippen molar-refractivity contribution in [2.75, 3.05) is 45.2 Å².